The predicted octanol–water partition coefficient (Wildman–Crippen LogP) is 5.88. The molecule has 0 bridgehead atoms. The van der Waals surface area contributed by atoms with Crippen LogP contribution in [0, 0.1) is 0 Å². The Morgan fingerprint density at radius 3 is 2.11 bits per heavy atom. The van der Waals surface area contributed by atoms with E-state index in [1.165, 1.54) is 31.2 Å². The number of benzene rings is 3. The molecule has 4 rings (SSSR count). The molecule has 10 heteroatoms. The van der Waals surface area contributed by atoms with Crippen LogP contribution in [0.15, 0.2) is 77.5 Å². The molecule has 0 saturated carbocycles. The van der Waals surface area contributed by atoms with Gasteiger partial charge in [-0.25, -0.2) is 4.90 Å². The van der Waals surface area contributed by atoms with Gasteiger partial charge in [0.2, 0.25) is 0 Å². The fraction of sp³-hybridized carbons (Fsp3) is 0.0400. The number of Topliss-reactive ketones (excluding diaryl/α,β-unsaturated/α-hetero) is 1. The van der Waals surface area contributed by atoms with E-state index in [9.17, 15) is 19.2 Å². The maximum absolute atomic E-state index is 13.0. The number of anilines is 3. The monoisotopic (exact) mass is 527 g/mol. The molecule has 1 heterocycles. The third kappa shape index (κ3) is 5.07. The van der Waals surface area contributed by atoms with Crippen molar-refractivity contribution in [2.24, 2.45) is 0 Å². The van der Waals surface area contributed by atoms with E-state index in [-0.39, 0.29) is 37.8 Å². The summed E-state index contributed by atoms with van der Waals surface area (Å²) in [5.41, 5.74) is 1.63. The van der Waals surface area contributed by atoms with Crippen LogP contribution in [-0.2, 0) is 9.59 Å². The maximum atomic E-state index is 13.0. The van der Waals surface area contributed by atoms with Crippen molar-refractivity contribution in [3.05, 3.63) is 98.6 Å². The Kier molecular flexibility index (Phi) is 6.93. The normalized spacial score (nSPS) is 13.3. The lowest BCUT2D eigenvalue weighted by Crippen LogP contribution is -2.32. The van der Waals surface area contributed by atoms with Gasteiger partial charge in [0.25, 0.3) is 17.7 Å². The molecule has 0 aliphatic carbocycles. The van der Waals surface area contributed by atoms with E-state index in [1.807, 2.05) is 0 Å². The van der Waals surface area contributed by atoms with Gasteiger partial charge >= 0.3 is 0 Å². The van der Waals surface area contributed by atoms with Gasteiger partial charge in [-0.2, -0.15) is 0 Å². The van der Waals surface area contributed by atoms with E-state index < -0.39 is 17.7 Å². The summed E-state index contributed by atoms with van der Waals surface area (Å²) in [5.74, 6) is -1.96. The quantitative estimate of drug-likeness (QED) is 0.307. The van der Waals surface area contributed by atoms with Crippen molar-refractivity contribution < 1.29 is 19.2 Å². The number of ketones is 1. The van der Waals surface area contributed by atoms with E-state index in [1.54, 1.807) is 42.5 Å². The molecule has 0 atom stereocenters. The first-order valence-corrected chi connectivity index (χ1v) is 11.3. The van der Waals surface area contributed by atoms with Crippen molar-refractivity contribution in [1.29, 1.82) is 0 Å². The molecular formula is C25H16Cl3N3O4. The molecular weight excluding hydrogens is 513 g/mol. The molecule has 3 amide bonds. The molecule has 3 aromatic carbocycles. The summed E-state index contributed by atoms with van der Waals surface area (Å²) >= 11 is 18.1. The number of hydrogen-bond donors (Lipinski definition) is 2. The van der Waals surface area contributed by atoms with Crippen LogP contribution in [0.3, 0.4) is 0 Å². The van der Waals surface area contributed by atoms with Crippen molar-refractivity contribution in [3.63, 3.8) is 0 Å². The van der Waals surface area contributed by atoms with E-state index in [2.05, 4.69) is 10.6 Å². The highest BCUT2D eigenvalue weighted by molar-refractivity contribution is 6.53. The maximum Gasteiger partial charge on any atom is 0.283 e. The Morgan fingerprint density at radius 1 is 0.771 bits per heavy atom. The zero-order valence-electron chi connectivity index (χ0n) is 18.1. The number of carbonyl (C=O) groups excluding carboxylic acids is 4. The van der Waals surface area contributed by atoms with Crippen molar-refractivity contribution in [2.75, 3.05) is 15.5 Å². The molecule has 35 heavy (non-hydrogen) atoms. The van der Waals surface area contributed by atoms with Crippen molar-refractivity contribution in [2.45, 2.75) is 6.92 Å². The molecule has 0 spiro atoms. The first kappa shape index (κ1) is 24.5. The fourth-order valence-corrected chi connectivity index (χ4v) is 3.88. The van der Waals surface area contributed by atoms with E-state index >= 15 is 0 Å². The second-order valence-corrected chi connectivity index (χ2v) is 8.72. The molecule has 1 aliphatic rings. The van der Waals surface area contributed by atoms with Crippen LogP contribution in [0.5, 0.6) is 0 Å². The zero-order chi connectivity index (χ0) is 25.3. The SMILES string of the molecule is CC(=O)c1cccc(NC(=O)c2cccc(NC3=C(Cl)C(=O)N(c4ccc(Cl)c(Cl)c4)C3=O)c2)c1. The minimum atomic E-state index is -0.725. The Labute approximate surface area is 215 Å². The summed E-state index contributed by atoms with van der Waals surface area (Å²) < 4.78 is 0. The summed E-state index contributed by atoms with van der Waals surface area (Å²) in [6, 6.07) is 17.2. The van der Waals surface area contributed by atoms with Gasteiger partial charge in [-0.3, -0.25) is 19.2 Å². The molecule has 1 aliphatic heterocycles. The van der Waals surface area contributed by atoms with E-state index in [0.717, 1.165) is 4.90 Å². The molecule has 7 nitrogen and oxygen atoms in total. The van der Waals surface area contributed by atoms with Crippen molar-refractivity contribution in [3.8, 4) is 0 Å². The number of carbonyl (C=O) groups is 4. The fourth-order valence-electron chi connectivity index (χ4n) is 3.37. The second kappa shape index (κ2) is 9.92. The first-order chi connectivity index (χ1) is 16.7. The van der Waals surface area contributed by atoms with Crippen LogP contribution in [0.25, 0.3) is 0 Å². The molecule has 176 valence electrons. The second-order valence-electron chi connectivity index (χ2n) is 7.53. The first-order valence-electron chi connectivity index (χ1n) is 10.2. The van der Waals surface area contributed by atoms with Gasteiger partial charge in [0, 0.05) is 22.5 Å². The van der Waals surface area contributed by atoms with Crippen LogP contribution >= 0.6 is 34.8 Å². The largest absolute Gasteiger partial charge is 0.350 e. The molecule has 2 N–H and O–H groups in total. The van der Waals surface area contributed by atoms with Gasteiger partial charge in [0.1, 0.15) is 10.7 Å². The van der Waals surface area contributed by atoms with Crippen LogP contribution in [0.4, 0.5) is 17.1 Å². The third-order valence-electron chi connectivity index (χ3n) is 5.11. The highest BCUT2D eigenvalue weighted by atomic mass is 35.5. The minimum Gasteiger partial charge on any atom is -0.350 e. The van der Waals surface area contributed by atoms with Gasteiger partial charge in [-0.15, -0.1) is 0 Å². The van der Waals surface area contributed by atoms with E-state index in [4.69, 9.17) is 34.8 Å². The summed E-state index contributed by atoms with van der Waals surface area (Å²) in [6.07, 6.45) is 0. The molecule has 0 aromatic heterocycles. The molecule has 0 fully saturated rings. The van der Waals surface area contributed by atoms with Crippen LogP contribution in [-0.4, -0.2) is 23.5 Å². The van der Waals surface area contributed by atoms with Gasteiger partial charge in [-0.05, 0) is 55.5 Å². The third-order valence-corrected chi connectivity index (χ3v) is 6.20. The smallest absolute Gasteiger partial charge is 0.283 e. The number of rotatable bonds is 6. The van der Waals surface area contributed by atoms with Crippen LogP contribution < -0.4 is 15.5 Å². The van der Waals surface area contributed by atoms with Crippen molar-refractivity contribution in [1.82, 2.24) is 0 Å². The Morgan fingerprint density at radius 2 is 1.43 bits per heavy atom. The standard InChI is InChI=1S/C25H16Cl3N3O4/c1-13(32)14-4-2-7-17(10-14)30-23(33)15-5-3-6-16(11-15)29-22-21(28)24(34)31(25(22)35)18-8-9-19(26)20(27)12-18/h2-12,29H,1H3,(H,30,33). The Bertz CT molecular complexity index is 1430. The number of imide groups is 1. The molecule has 0 unspecified atom stereocenters. The number of halogens is 3. The average molecular weight is 529 g/mol. The Hall–Kier alpha value is -3.65. The molecule has 3 aromatic rings. The molecule has 0 saturated heterocycles. The number of nitrogens with one attached hydrogen (secondary N) is 2. The van der Waals surface area contributed by atoms with Gasteiger partial charge in [0.15, 0.2) is 5.78 Å². The zero-order valence-corrected chi connectivity index (χ0v) is 20.3. The number of amides is 3. The average Bonchev–Trinajstić information content (AvgIpc) is 3.04. The highest BCUT2D eigenvalue weighted by Crippen LogP contribution is 2.33. The highest BCUT2D eigenvalue weighted by Gasteiger charge is 2.39. The predicted molar refractivity (Wildman–Crippen MR) is 136 cm³/mol. The summed E-state index contributed by atoms with van der Waals surface area (Å²) in [7, 11) is 0. The Balaban J connectivity index is 1.54. The summed E-state index contributed by atoms with van der Waals surface area (Å²) in [6.45, 7) is 1.44. The number of nitrogens with zero attached hydrogens (tertiary/aromatic N) is 1. The summed E-state index contributed by atoms with van der Waals surface area (Å²) in [4.78, 5) is 50.9. The lowest BCUT2D eigenvalue weighted by atomic mass is 10.1. The van der Waals surface area contributed by atoms with Crippen LogP contribution in [0.2, 0.25) is 10.0 Å². The van der Waals surface area contributed by atoms with Gasteiger partial charge in [-0.1, -0.05) is 53.0 Å². The molecule has 0 radical (unpaired) electrons. The lowest BCUT2D eigenvalue weighted by Gasteiger charge is -2.16. The lowest BCUT2D eigenvalue weighted by molar-refractivity contribution is -0.120. The summed E-state index contributed by atoms with van der Waals surface area (Å²) in [5, 5.41) is 5.70. The van der Waals surface area contributed by atoms with E-state index in [0.29, 0.717) is 16.9 Å². The van der Waals surface area contributed by atoms with Crippen molar-refractivity contribution >= 4 is 75.4 Å². The van der Waals surface area contributed by atoms with Crippen LogP contribution in [0.1, 0.15) is 27.6 Å². The minimum absolute atomic E-state index is 0.122. The topological polar surface area (TPSA) is 95.6 Å². The van der Waals surface area contributed by atoms with Gasteiger partial charge < -0.3 is 10.6 Å². The van der Waals surface area contributed by atoms with Gasteiger partial charge in [0.05, 0.1) is 15.7 Å². The number of hydrogen-bond acceptors (Lipinski definition) is 5.